The van der Waals surface area contributed by atoms with E-state index in [-0.39, 0.29) is 0 Å². The number of aryl methyl sites for hydroxylation is 1. The highest BCUT2D eigenvalue weighted by Crippen LogP contribution is 2.34. The molecule has 3 heterocycles. The van der Waals surface area contributed by atoms with E-state index in [0.29, 0.717) is 19.2 Å². The van der Waals surface area contributed by atoms with Gasteiger partial charge in [-0.3, -0.25) is 0 Å². The Hall–Kier alpha value is -3.35. The van der Waals surface area contributed by atoms with Gasteiger partial charge in [-0.15, -0.1) is 10.2 Å². The highest BCUT2D eigenvalue weighted by atomic mass is 16.6. The molecule has 0 bridgehead atoms. The number of anilines is 2. The number of benzene rings is 2. The Bertz CT molecular complexity index is 1120. The Labute approximate surface area is 149 Å². The lowest BCUT2D eigenvalue weighted by Crippen LogP contribution is -2.15. The Morgan fingerprint density at radius 1 is 1.04 bits per heavy atom. The van der Waals surface area contributed by atoms with Crippen LogP contribution in [0.15, 0.2) is 42.5 Å². The van der Waals surface area contributed by atoms with E-state index >= 15 is 0 Å². The van der Waals surface area contributed by atoms with Crippen LogP contribution in [-0.4, -0.2) is 32.8 Å². The lowest BCUT2D eigenvalue weighted by molar-refractivity contribution is 0.171. The molecular weight excluding hydrogens is 330 g/mol. The highest BCUT2D eigenvalue weighted by molar-refractivity contribution is 5.92. The first-order valence-electron chi connectivity index (χ1n) is 8.63. The minimum Gasteiger partial charge on any atom is -0.486 e. The summed E-state index contributed by atoms with van der Waals surface area (Å²) in [5.74, 6) is 3.03. The Morgan fingerprint density at radius 2 is 1.88 bits per heavy atom. The molecule has 0 saturated heterocycles. The number of para-hydroxylation sites is 1. The van der Waals surface area contributed by atoms with Crippen LogP contribution in [0.1, 0.15) is 12.7 Å². The van der Waals surface area contributed by atoms with Crippen molar-refractivity contribution < 1.29 is 9.47 Å². The maximum Gasteiger partial charge on any atom is 0.215 e. The molecule has 0 amide bonds. The maximum atomic E-state index is 5.67. The molecule has 0 unspecified atom stereocenters. The smallest absolute Gasteiger partial charge is 0.215 e. The molecule has 5 rings (SSSR count). The van der Waals surface area contributed by atoms with Gasteiger partial charge in [-0.2, -0.15) is 0 Å². The van der Waals surface area contributed by atoms with Crippen molar-refractivity contribution in [2.75, 3.05) is 18.5 Å². The number of nitrogens with zero attached hydrogens (tertiary/aromatic N) is 4. The summed E-state index contributed by atoms with van der Waals surface area (Å²) < 4.78 is 13.2. The van der Waals surface area contributed by atoms with Crippen LogP contribution in [0.25, 0.3) is 16.6 Å². The molecular formula is C19H17N5O2. The second kappa shape index (κ2) is 5.87. The van der Waals surface area contributed by atoms with Gasteiger partial charge in [0, 0.05) is 23.6 Å². The van der Waals surface area contributed by atoms with Gasteiger partial charge in [0.05, 0.1) is 5.52 Å². The van der Waals surface area contributed by atoms with Gasteiger partial charge in [0.2, 0.25) is 5.95 Å². The molecule has 1 N–H and O–H groups in total. The molecule has 2 aromatic carbocycles. The first kappa shape index (κ1) is 14.9. The minimum absolute atomic E-state index is 0.556. The van der Waals surface area contributed by atoms with Gasteiger partial charge in [-0.05, 0) is 24.3 Å². The zero-order chi connectivity index (χ0) is 17.5. The lowest BCUT2D eigenvalue weighted by atomic mass is 10.2. The summed E-state index contributed by atoms with van der Waals surface area (Å²) in [7, 11) is 0. The monoisotopic (exact) mass is 347 g/mol. The molecule has 7 nitrogen and oxygen atoms in total. The first-order valence-corrected chi connectivity index (χ1v) is 8.63. The average molecular weight is 347 g/mol. The molecule has 0 spiro atoms. The van der Waals surface area contributed by atoms with E-state index in [2.05, 4.69) is 22.4 Å². The molecule has 1 aliphatic heterocycles. The summed E-state index contributed by atoms with van der Waals surface area (Å²) in [6.45, 7) is 3.19. The van der Waals surface area contributed by atoms with Gasteiger partial charge >= 0.3 is 0 Å². The van der Waals surface area contributed by atoms with Gasteiger partial charge < -0.3 is 14.8 Å². The molecule has 0 saturated carbocycles. The predicted octanol–water partition coefficient (Wildman–Crippen LogP) is 3.35. The lowest BCUT2D eigenvalue weighted by Gasteiger charge is -2.19. The molecule has 2 aromatic heterocycles. The summed E-state index contributed by atoms with van der Waals surface area (Å²) >= 11 is 0. The Balaban J connectivity index is 1.66. The molecule has 7 heteroatoms. The fourth-order valence-corrected chi connectivity index (χ4v) is 3.20. The molecule has 0 radical (unpaired) electrons. The SMILES string of the molecule is CCc1nnc2c3ccccc3nc(Nc3ccc4c(c3)OCCO4)n12. The van der Waals surface area contributed by atoms with Crippen molar-refractivity contribution in [3.63, 3.8) is 0 Å². The highest BCUT2D eigenvalue weighted by Gasteiger charge is 2.16. The first-order chi connectivity index (χ1) is 12.8. The van der Waals surface area contributed by atoms with Crippen LogP contribution < -0.4 is 14.8 Å². The fraction of sp³-hybridized carbons (Fsp3) is 0.211. The summed E-state index contributed by atoms with van der Waals surface area (Å²) in [4.78, 5) is 4.79. The van der Waals surface area contributed by atoms with Gasteiger partial charge in [0.15, 0.2) is 17.1 Å². The normalized spacial score (nSPS) is 13.3. The van der Waals surface area contributed by atoms with Gasteiger partial charge in [-0.25, -0.2) is 9.38 Å². The van der Waals surface area contributed by atoms with E-state index < -0.39 is 0 Å². The van der Waals surface area contributed by atoms with E-state index in [4.69, 9.17) is 14.5 Å². The van der Waals surface area contributed by atoms with Crippen LogP contribution in [0.2, 0.25) is 0 Å². The number of fused-ring (bicyclic) bond motifs is 4. The largest absolute Gasteiger partial charge is 0.486 e. The van der Waals surface area contributed by atoms with Gasteiger partial charge in [-0.1, -0.05) is 19.1 Å². The third-order valence-electron chi connectivity index (χ3n) is 4.43. The standard InChI is InChI=1S/C19H17N5O2/c1-2-17-22-23-18-13-5-3-4-6-14(13)21-19(24(17)18)20-12-7-8-15-16(11-12)26-10-9-25-15/h3-8,11H,2,9-10H2,1H3,(H,20,21). The number of ether oxygens (including phenoxy) is 2. The van der Waals surface area contributed by atoms with Crippen LogP contribution in [0.3, 0.4) is 0 Å². The van der Waals surface area contributed by atoms with E-state index in [0.717, 1.165) is 46.0 Å². The summed E-state index contributed by atoms with van der Waals surface area (Å²) in [6, 6.07) is 13.7. The van der Waals surface area contributed by atoms with Crippen LogP contribution in [0.4, 0.5) is 11.6 Å². The number of rotatable bonds is 3. The molecule has 26 heavy (non-hydrogen) atoms. The topological polar surface area (TPSA) is 73.6 Å². The minimum atomic E-state index is 0.556. The molecule has 0 aliphatic carbocycles. The molecule has 130 valence electrons. The van der Waals surface area contributed by atoms with Gasteiger partial charge in [0.25, 0.3) is 0 Å². The van der Waals surface area contributed by atoms with Crippen molar-refractivity contribution in [2.24, 2.45) is 0 Å². The predicted molar refractivity (Wildman–Crippen MR) is 98.4 cm³/mol. The van der Waals surface area contributed by atoms with Crippen molar-refractivity contribution in [3.8, 4) is 11.5 Å². The van der Waals surface area contributed by atoms with Crippen LogP contribution in [-0.2, 0) is 6.42 Å². The van der Waals surface area contributed by atoms with Crippen molar-refractivity contribution in [1.82, 2.24) is 19.6 Å². The number of aromatic nitrogens is 4. The van der Waals surface area contributed by atoms with E-state index in [9.17, 15) is 0 Å². The number of nitrogens with one attached hydrogen (secondary N) is 1. The average Bonchev–Trinajstić information content (AvgIpc) is 3.13. The second-order valence-electron chi connectivity index (χ2n) is 6.06. The van der Waals surface area contributed by atoms with E-state index in [1.807, 2.05) is 46.9 Å². The summed E-state index contributed by atoms with van der Waals surface area (Å²) in [5, 5.41) is 13.1. The van der Waals surface area contributed by atoms with Crippen LogP contribution in [0.5, 0.6) is 11.5 Å². The fourth-order valence-electron chi connectivity index (χ4n) is 3.20. The zero-order valence-corrected chi connectivity index (χ0v) is 14.3. The zero-order valence-electron chi connectivity index (χ0n) is 14.3. The molecule has 0 atom stereocenters. The third-order valence-corrected chi connectivity index (χ3v) is 4.43. The summed E-state index contributed by atoms with van der Waals surface area (Å²) in [6.07, 6.45) is 0.761. The molecule has 0 fully saturated rings. The second-order valence-corrected chi connectivity index (χ2v) is 6.06. The van der Waals surface area contributed by atoms with Gasteiger partial charge in [0.1, 0.15) is 19.0 Å². The Morgan fingerprint density at radius 3 is 2.77 bits per heavy atom. The van der Waals surface area contributed by atoms with Crippen molar-refractivity contribution in [1.29, 1.82) is 0 Å². The van der Waals surface area contributed by atoms with Crippen molar-refractivity contribution in [2.45, 2.75) is 13.3 Å². The quantitative estimate of drug-likeness (QED) is 0.613. The molecule has 4 aromatic rings. The van der Waals surface area contributed by atoms with E-state index in [1.54, 1.807) is 0 Å². The van der Waals surface area contributed by atoms with Crippen LogP contribution >= 0.6 is 0 Å². The third kappa shape index (κ3) is 2.32. The van der Waals surface area contributed by atoms with Crippen LogP contribution in [0, 0.1) is 0 Å². The number of hydrogen-bond donors (Lipinski definition) is 1. The maximum absolute atomic E-state index is 5.67. The number of hydrogen-bond acceptors (Lipinski definition) is 6. The van der Waals surface area contributed by atoms with Crippen molar-refractivity contribution in [3.05, 3.63) is 48.3 Å². The van der Waals surface area contributed by atoms with Crippen molar-refractivity contribution >= 4 is 28.2 Å². The molecule has 1 aliphatic rings. The van der Waals surface area contributed by atoms with E-state index in [1.165, 1.54) is 0 Å². The summed E-state index contributed by atoms with van der Waals surface area (Å²) in [5.41, 5.74) is 2.54. The Kier molecular flexibility index (Phi) is 3.38.